The fraction of sp³-hybridized carbons (Fsp3) is 0.692. The molecule has 0 amide bonds. The minimum absolute atomic E-state index is 0.878. The topological polar surface area (TPSA) is 3.24 Å². The van der Waals surface area contributed by atoms with Crippen LogP contribution in [0, 0.1) is 32.9 Å². The van der Waals surface area contributed by atoms with E-state index in [1.54, 1.807) is 0 Å². The summed E-state index contributed by atoms with van der Waals surface area (Å²) in [5.74, 6) is 0.898. The normalized spacial score (nSPS) is 19.1. The monoisotopic (exact) mass is 193 g/mol. The molecule has 1 rings (SSSR count). The average Bonchev–Trinajstić information content (AvgIpc) is 2.20. The van der Waals surface area contributed by atoms with Crippen LogP contribution >= 0.6 is 0 Å². The van der Waals surface area contributed by atoms with E-state index in [0.29, 0.717) is 0 Å². The average molecular weight is 193 g/mol. The molecule has 0 atom stereocenters. The molecule has 1 aliphatic carbocycles. The van der Waals surface area contributed by atoms with E-state index in [1.165, 1.54) is 38.6 Å². The lowest BCUT2D eigenvalue weighted by atomic mass is 9.89. The van der Waals surface area contributed by atoms with Crippen LogP contribution in [0.1, 0.15) is 44.9 Å². The molecule has 0 aromatic carbocycles. The van der Waals surface area contributed by atoms with Gasteiger partial charge in [0.2, 0.25) is 0 Å². The Morgan fingerprint density at radius 3 is 2.07 bits per heavy atom. The van der Waals surface area contributed by atoms with Crippen molar-refractivity contribution >= 4 is 0 Å². The molecule has 0 heterocycles. The first-order valence-electron chi connectivity index (χ1n) is 5.87. The number of rotatable bonds is 6. The van der Waals surface area contributed by atoms with E-state index in [-0.39, 0.29) is 0 Å². The van der Waals surface area contributed by atoms with Gasteiger partial charge in [-0.15, -0.1) is 0 Å². The van der Waals surface area contributed by atoms with Gasteiger partial charge >= 0.3 is 0 Å². The molecule has 1 heteroatoms. The molecule has 1 aliphatic rings. The van der Waals surface area contributed by atoms with Crippen molar-refractivity contribution in [3.05, 3.63) is 26.9 Å². The molecule has 4 radical (unpaired) electrons. The summed E-state index contributed by atoms with van der Waals surface area (Å²) >= 11 is 0. The first-order valence-corrected chi connectivity index (χ1v) is 5.87. The fourth-order valence-corrected chi connectivity index (χ4v) is 2.22. The van der Waals surface area contributed by atoms with Gasteiger partial charge in [0, 0.05) is 19.6 Å². The zero-order valence-corrected chi connectivity index (χ0v) is 9.25. The molecule has 0 aromatic rings. The van der Waals surface area contributed by atoms with Gasteiger partial charge in [0.15, 0.2) is 0 Å². The van der Waals surface area contributed by atoms with Crippen molar-refractivity contribution in [1.29, 1.82) is 0 Å². The Kier molecular flexibility index (Phi) is 6.25. The van der Waals surface area contributed by atoms with Crippen molar-refractivity contribution in [2.45, 2.75) is 44.9 Å². The predicted molar refractivity (Wildman–Crippen MR) is 61.8 cm³/mol. The Morgan fingerprint density at radius 2 is 1.57 bits per heavy atom. The molecule has 14 heavy (non-hydrogen) atoms. The van der Waals surface area contributed by atoms with Crippen LogP contribution in [0.3, 0.4) is 0 Å². The van der Waals surface area contributed by atoms with Gasteiger partial charge in [-0.25, -0.2) is 0 Å². The van der Waals surface area contributed by atoms with E-state index < -0.39 is 0 Å². The standard InChI is InChI=1S/C13H23N/c1-3-10-14(11-4-2)12-13-8-6-5-7-9-13/h10-11,13H,1-9,12H2. The fourth-order valence-electron chi connectivity index (χ4n) is 2.22. The van der Waals surface area contributed by atoms with Crippen molar-refractivity contribution in [3.63, 3.8) is 0 Å². The van der Waals surface area contributed by atoms with Gasteiger partial charge < -0.3 is 0 Å². The predicted octanol–water partition coefficient (Wildman–Crippen LogP) is 3.64. The third-order valence-corrected chi connectivity index (χ3v) is 2.92. The maximum Gasteiger partial charge on any atom is 0.0255 e. The van der Waals surface area contributed by atoms with E-state index in [0.717, 1.165) is 18.8 Å². The molecule has 80 valence electrons. The lowest BCUT2D eigenvalue weighted by Crippen LogP contribution is -2.26. The van der Waals surface area contributed by atoms with Gasteiger partial charge in [-0.1, -0.05) is 33.1 Å². The number of nitrogens with zero attached hydrogens (tertiary/aromatic N) is 1. The molecule has 0 saturated heterocycles. The van der Waals surface area contributed by atoms with Crippen LogP contribution in [-0.4, -0.2) is 11.4 Å². The van der Waals surface area contributed by atoms with Gasteiger partial charge in [-0.2, -0.15) is 0 Å². The van der Waals surface area contributed by atoms with Gasteiger partial charge in [-0.05, 0) is 31.6 Å². The molecule has 0 spiro atoms. The van der Waals surface area contributed by atoms with E-state index >= 15 is 0 Å². The summed E-state index contributed by atoms with van der Waals surface area (Å²) in [6, 6.07) is 0. The highest BCUT2D eigenvalue weighted by Gasteiger charge is 2.16. The molecule has 1 fully saturated rings. The van der Waals surface area contributed by atoms with Crippen molar-refractivity contribution in [1.82, 2.24) is 4.90 Å². The van der Waals surface area contributed by atoms with Crippen LogP contribution in [0.2, 0.25) is 0 Å². The van der Waals surface area contributed by atoms with Gasteiger partial charge in [0.25, 0.3) is 0 Å². The van der Waals surface area contributed by atoms with Crippen LogP contribution in [0.4, 0.5) is 0 Å². The van der Waals surface area contributed by atoms with Crippen LogP contribution in [-0.2, 0) is 0 Å². The highest BCUT2D eigenvalue weighted by atomic mass is 15.1. The summed E-state index contributed by atoms with van der Waals surface area (Å²) in [6.07, 6.45) is 8.86. The second kappa shape index (κ2) is 7.28. The molecule has 1 saturated carbocycles. The molecule has 0 bridgehead atoms. The molecular formula is C13H23N. The van der Waals surface area contributed by atoms with E-state index in [9.17, 15) is 0 Å². The quantitative estimate of drug-likeness (QED) is 0.622. The third-order valence-electron chi connectivity index (χ3n) is 2.92. The van der Waals surface area contributed by atoms with Crippen molar-refractivity contribution in [2.24, 2.45) is 5.92 Å². The number of hydrogen-bond donors (Lipinski definition) is 0. The summed E-state index contributed by atoms with van der Waals surface area (Å²) in [5, 5.41) is 0. The Bertz CT molecular complexity index is 121. The second-order valence-corrected chi connectivity index (χ2v) is 4.14. The molecule has 0 N–H and O–H groups in total. The van der Waals surface area contributed by atoms with E-state index in [2.05, 4.69) is 31.8 Å². The summed E-state index contributed by atoms with van der Waals surface area (Å²) in [4.78, 5) is 2.30. The van der Waals surface area contributed by atoms with Gasteiger partial charge in [0.05, 0.1) is 0 Å². The zero-order valence-electron chi connectivity index (χ0n) is 9.25. The summed E-state index contributed by atoms with van der Waals surface area (Å²) in [6.45, 7) is 13.3. The van der Waals surface area contributed by atoms with Crippen molar-refractivity contribution < 1.29 is 0 Å². The number of hydrogen-bond acceptors (Lipinski definition) is 1. The largest absolute Gasteiger partial charge is 0.294 e. The first-order chi connectivity index (χ1) is 6.86. The molecule has 0 aromatic heterocycles. The minimum atomic E-state index is 0.878. The van der Waals surface area contributed by atoms with Crippen molar-refractivity contribution in [2.75, 3.05) is 6.54 Å². The van der Waals surface area contributed by atoms with Crippen LogP contribution in [0.15, 0.2) is 0 Å². The highest BCUT2D eigenvalue weighted by Crippen LogP contribution is 2.25. The smallest absolute Gasteiger partial charge is 0.0255 e. The maximum atomic E-state index is 3.86. The van der Waals surface area contributed by atoms with Crippen LogP contribution in [0.5, 0.6) is 0 Å². The molecule has 0 unspecified atom stereocenters. The third kappa shape index (κ3) is 4.45. The second-order valence-electron chi connectivity index (χ2n) is 4.14. The maximum absolute atomic E-state index is 3.86. The summed E-state index contributed by atoms with van der Waals surface area (Å²) in [5.41, 5.74) is 0. The Hall–Kier alpha value is -0.0400. The lowest BCUT2D eigenvalue weighted by molar-refractivity contribution is 0.261. The summed E-state index contributed by atoms with van der Waals surface area (Å²) in [7, 11) is 0. The van der Waals surface area contributed by atoms with Gasteiger partial charge in [-0.3, -0.25) is 4.90 Å². The van der Waals surface area contributed by atoms with Gasteiger partial charge in [0.1, 0.15) is 0 Å². The Morgan fingerprint density at radius 1 is 1.00 bits per heavy atom. The minimum Gasteiger partial charge on any atom is -0.294 e. The lowest BCUT2D eigenvalue weighted by Gasteiger charge is -2.28. The zero-order chi connectivity index (χ0) is 10.2. The van der Waals surface area contributed by atoms with Crippen LogP contribution in [0.25, 0.3) is 0 Å². The SMILES string of the molecule is [CH2]C[CH]N([CH]C[CH2])CC1CCCCC1. The van der Waals surface area contributed by atoms with E-state index in [1.807, 2.05) is 0 Å². The Labute approximate surface area is 89.9 Å². The van der Waals surface area contributed by atoms with Crippen LogP contribution < -0.4 is 0 Å². The molecule has 0 aliphatic heterocycles. The van der Waals surface area contributed by atoms with Crippen molar-refractivity contribution in [3.8, 4) is 0 Å². The Balaban J connectivity index is 2.21. The summed E-state index contributed by atoms with van der Waals surface area (Å²) < 4.78 is 0. The first kappa shape index (κ1) is 12.0. The van der Waals surface area contributed by atoms with E-state index in [4.69, 9.17) is 0 Å². The molecular weight excluding hydrogens is 170 g/mol. The molecule has 1 nitrogen and oxygen atoms in total. The highest BCUT2D eigenvalue weighted by molar-refractivity contribution is 4.81.